The summed E-state index contributed by atoms with van der Waals surface area (Å²) in [7, 11) is 3.65. The highest BCUT2D eigenvalue weighted by molar-refractivity contribution is 5.57. The quantitative estimate of drug-likeness (QED) is 0.208. The molecule has 0 bridgehead atoms. The molecule has 9 nitrogen and oxygen atoms in total. The Morgan fingerprint density at radius 1 is 1.50 bits per heavy atom. The molecule has 10 heteroatoms. The Balaban J connectivity index is 0.00000288. The monoisotopic (exact) mass is 348 g/mol. The minimum atomic E-state index is -0.625. The maximum atomic E-state index is 10.7. The van der Waals surface area contributed by atoms with Crippen LogP contribution in [0.1, 0.15) is 5.56 Å². The van der Waals surface area contributed by atoms with Gasteiger partial charge in [0.25, 0.3) is 11.6 Å². The number of hydrogen-bond donors (Lipinski definition) is 0. The van der Waals surface area contributed by atoms with Crippen molar-refractivity contribution in [3.63, 3.8) is 0 Å². The van der Waals surface area contributed by atoms with E-state index in [1.165, 1.54) is 4.73 Å². The average Bonchev–Trinajstić information content (AvgIpc) is 2.54. The fourth-order valence-corrected chi connectivity index (χ4v) is 1.56. The molecule has 2 rings (SSSR count). The van der Waals surface area contributed by atoms with Crippen LogP contribution in [0.25, 0.3) is 0 Å². The van der Waals surface area contributed by atoms with E-state index >= 15 is 0 Å². The Morgan fingerprint density at radius 2 is 2.25 bits per heavy atom. The van der Waals surface area contributed by atoms with Crippen LogP contribution in [0.2, 0.25) is 0 Å². The molecule has 2 aromatic rings. The van der Waals surface area contributed by atoms with Crippen molar-refractivity contribution in [3.05, 3.63) is 52.3 Å². The minimum Gasteiger partial charge on any atom is -1.00 e. The highest BCUT2D eigenvalue weighted by Crippen LogP contribution is 2.19. The van der Waals surface area contributed by atoms with Gasteiger partial charge < -0.3 is 17.3 Å². The van der Waals surface area contributed by atoms with Crippen LogP contribution in [0.15, 0.2) is 41.7 Å². The fourth-order valence-electron chi connectivity index (χ4n) is 1.56. The molecule has 0 saturated carbocycles. The molecule has 0 aliphatic carbocycles. The number of nitriles is 1. The van der Waals surface area contributed by atoms with Gasteiger partial charge in [-0.15, -0.1) is 0 Å². The van der Waals surface area contributed by atoms with Crippen LogP contribution >= 0.6 is 0 Å². The van der Waals surface area contributed by atoms with Gasteiger partial charge in [0.15, 0.2) is 0 Å². The summed E-state index contributed by atoms with van der Waals surface area (Å²) in [6.07, 6.45) is 4.21. The molecule has 0 N–H and O–H groups in total. The van der Waals surface area contributed by atoms with Gasteiger partial charge in [-0.3, -0.25) is 15.0 Å². The third-order valence-electron chi connectivity index (χ3n) is 2.58. The summed E-state index contributed by atoms with van der Waals surface area (Å²) < 4.78 is 1.31. The van der Waals surface area contributed by atoms with Gasteiger partial charge in [-0.25, -0.2) is 4.98 Å². The van der Waals surface area contributed by atoms with Gasteiger partial charge >= 0.3 is 5.82 Å². The van der Waals surface area contributed by atoms with Gasteiger partial charge in [0, 0.05) is 26.2 Å². The SMILES string of the molecule is CN(C)/C=N/c1cccc[n+]1Oc1ncc([N+](=O)[O-])cc1C#N.[Cl-]. The Hall–Kier alpha value is -3.25. The molecule has 0 radical (unpaired) electrons. The van der Waals surface area contributed by atoms with Gasteiger partial charge in [-0.1, -0.05) is 6.07 Å². The van der Waals surface area contributed by atoms with Crippen molar-refractivity contribution in [1.82, 2.24) is 9.88 Å². The van der Waals surface area contributed by atoms with Gasteiger partial charge in [-0.2, -0.15) is 5.26 Å². The standard InChI is InChI=1S/C14H13N6O3.ClH/c1-18(2)10-17-13-5-3-4-6-19(13)23-14-11(8-15)7-12(9-16-14)20(21)22;/h3-7,9-10H,1-2H3;1H/q+1;/p-1. The van der Waals surface area contributed by atoms with Crippen LogP contribution in [0, 0.1) is 21.4 Å². The number of aliphatic imine (C=N–C) groups is 1. The lowest BCUT2D eigenvalue weighted by atomic mass is 10.3. The first-order chi connectivity index (χ1) is 11.0. The van der Waals surface area contributed by atoms with Crippen LogP contribution < -0.4 is 22.0 Å². The van der Waals surface area contributed by atoms with Crippen LogP contribution in [0.5, 0.6) is 5.88 Å². The lowest BCUT2D eigenvalue weighted by Gasteiger charge is -2.04. The molecule has 0 unspecified atom stereocenters. The molecule has 0 spiro atoms. The Kier molecular flexibility index (Phi) is 6.58. The zero-order chi connectivity index (χ0) is 16.8. The summed E-state index contributed by atoms with van der Waals surface area (Å²) in [6.45, 7) is 0. The van der Waals surface area contributed by atoms with Crippen LogP contribution in [0.4, 0.5) is 11.5 Å². The largest absolute Gasteiger partial charge is 1.00 e. The normalized spacial score (nSPS) is 9.88. The summed E-state index contributed by atoms with van der Waals surface area (Å²) in [5, 5.41) is 19.8. The van der Waals surface area contributed by atoms with Gasteiger partial charge in [0.05, 0.1) is 4.92 Å². The summed E-state index contributed by atoms with van der Waals surface area (Å²) in [5.41, 5.74) is -0.323. The van der Waals surface area contributed by atoms with E-state index < -0.39 is 4.92 Å². The van der Waals surface area contributed by atoms with E-state index in [1.807, 2.05) is 20.2 Å². The smallest absolute Gasteiger partial charge is 0.363 e. The molecule has 2 aromatic heterocycles. The van der Waals surface area contributed by atoms with E-state index in [2.05, 4.69) is 9.98 Å². The van der Waals surface area contributed by atoms with E-state index in [0.717, 1.165) is 12.3 Å². The van der Waals surface area contributed by atoms with Crippen molar-refractivity contribution in [1.29, 1.82) is 5.26 Å². The maximum Gasteiger partial charge on any atom is 0.363 e. The Bertz CT molecular complexity index is 803. The van der Waals surface area contributed by atoms with E-state index in [1.54, 1.807) is 35.6 Å². The van der Waals surface area contributed by atoms with E-state index in [4.69, 9.17) is 10.1 Å². The number of nitrogens with zero attached hydrogens (tertiary/aromatic N) is 6. The second-order valence-corrected chi connectivity index (χ2v) is 4.60. The Labute approximate surface area is 144 Å². The molecule has 0 saturated heterocycles. The van der Waals surface area contributed by atoms with Gasteiger partial charge in [-0.05, 0) is 15.8 Å². The highest BCUT2D eigenvalue weighted by Gasteiger charge is 2.18. The highest BCUT2D eigenvalue weighted by atomic mass is 35.5. The number of nitro groups is 1. The van der Waals surface area contributed by atoms with Crippen molar-refractivity contribution >= 4 is 17.8 Å². The second kappa shape index (κ2) is 8.40. The molecule has 0 amide bonds. The first kappa shape index (κ1) is 18.8. The zero-order valence-corrected chi connectivity index (χ0v) is 13.6. The van der Waals surface area contributed by atoms with Crippen LogP contribution in [0.3, 0.4) is 0 Å². The average molecular weight is 349 g/mol. The lowest BCUT2D eigenvalue weighted by Crippen LogP contribution is -3.00. The summed E-state index contributed by atoms with van der Waals surface area (Å²) >= 11 is 0. The molecule has 0 aliphatic rings. The fraction of sp³-hybridized carbons (Fsp3) is 0.143. The molecule has 0 aromatic carbocycles. The third kappa shape index (κ3) is 4.62. The molecule has 0 fully saturated rings. The third-order valence-corrected chi connectivity index (χ3v) is 2.58. The number of aromatic nitrogens is 2. The number of hydrogen-bond acceptors (Lipinski definition) is 6. The maximum absolute atomic E-state index is 10.7. The minimum absolute atomic E-state index is 0. The first-order valence-corrected chi connectivity index (χ1v) is 6.45. The topological polar surface area (TPSA) is 109 Å². The molecular weight excluding hydrogens is 336 g/mol. The van der Waals surface area contributed by atoms with Crippen molar-refractivity contribution in [2.24, 2.45) is 4.99 Å². The summed E-state index contributed by atoms with van der Waals surface area (Å²) in [5.74, 6) is 0.417. The molecule has 124 valence electrons. The van der Waals surface area contributed by atoms with Crippen molar-refractivity contribution in [2.75, 3.05) is 14.1 Å². The van der Waals surface area contributed by atoms with E-state index in [9.17, 15) is 10.1 Å². The molecule has 0 atom stereocenters. The lowest BCUT2D eigenvalue weighted by molar-refractivity contribution is -0.865. The molecule has 0 aliphatic heterocycles. The first-order valence-electron chi connectivity index (χ1n) is 6.45. The predicted octanol–water partition coefficient (Wildman–Crippen LogP) is -1.78. The van der Waals surface area contributed by atoms with Gasteiger partial charge in [0.1, 0.15) is 24.0 Å². The van der Waals surface area contributed by atoms with Gasteiger partial charge in [0.2, 0.25) is 6.34 Å². The van der Waals surface area contributed by atoms with Crippen molar-refractivity contribution in [3.8, 4) is 11.9 Å². The van der Waals surface area contributed by atoms with E-state index in [-0.39, 0.29) is 29.5 Å². The summed E-state index contributed by atoms with van der Waals surface area (Å²) in [6, 6.07) is 8.13. The molecule has 2 heterocycles. The van der Waals surface area contributed by atoms with Crippen LogP contribution in [-0.2, 0) is 0 Å². The van der Waals surface area contributed by atoms with Crippen LogP contribution in [-0.4, -0.2) is 35.2 Å². The predicted molar refractivity (Wildman–Crippen MR) is 80.1 cm³/mol. The number of rotatable bonds is 5. The van der Waals surface area contributed by atoms with Crippen molar-refractivity contribution in [2.45, 2.75) is 0 Å². The second-order valence-electron chi connectivity index (χ2n) is 4.60. The zero-order valence-electron chi connectivity index (χ0n) is 12.8. The summed E-state index contributed by atoms with van der Waals surface area (Å²) in [4.78, 5) is 25.4. The Morgan fingerprint density at radius 3 is 2.88 bits per heavy atom. The number of halogens is 1. The molecular formula is C14H13ClN6O3. The van der Waals surface area contributed by atoms with E-state index in [0.29, 0.717) is 5.82 Å². The number of pyridine rings is 2. The van der Waals surface area contributed by atoms with Crippen molar-refractivity contribution < 1.29 is 26.9 Å². The molecule has 24 heavy (non-hydrogen) atoms.